The van der Waals surface area contributed by atoms with E-state index in [1.54, 1.807) is 0 Å². The third-order valence-corrected chi connectivity index (χ3v) is 4.07. The topological polar surface area (TPSA) is 86.6 Å². The van der Waals surface area contributed by atoms with Crippen LogP contribution in [0.5, 0.6) is 0 Å². The highest BCUT2D eigenvalue weighted by atomic mass is 19.4. The summed E-state index contributed by atoms with van der Waals surface area (Å²) in [5.74, 6) is -2.19. The molecule has 1 aromatic rings. The first-order valence-corrected chi connectivity index (χ1v) is 8.66. The van der Waals surface area contributed by atoms with E-state index in [0.29, 0.717) is 6.42 Å². The first-order chi connectivity index (χ1) is 12.7. The molecular formula is C19H24F3NO4. The van der Waals surface area contributed by atoms with E-state index in [1.807, 2.05) is 6.08 Å². The third kappa shape index (κ3) is 7.82. The van der Waals surface area contributed by atoms with Crippen LogP contribution in [0.1, 0.15) is 55.8 Å². The molecule has 0 saturated carbocycles. The van der Waals surface area contributed by atoms with Gasteiger partial charge in [0, 0.05) is 0 Å². The van der Waals surface area contributed by atoms with Gasteiger partial charge in [-0.15, -0.1) is 6.58 Å². The molecule has 1 aromatic carbocycles. The molecule has 0 heterocycles. The fourth-order valence-electron chi connectivity index (χ4n) is 2.50. The first-order valence-electron chi connectivity index (χ1n) is 8.66. The van der Waals surface area contributed by atoms with Gasteiger partial charge in [-0.2, -0.15) is 13.2 Å². The van der Waals surface area contributed by atoms with Crippen LogP contribution in [0.2, 0.25) is 0 Å². The van der Waals surface area contributed by atoms with Crippen LogP contribution in [0.3, 0.4) is 0 Å². The number of unbranched alkanes of at least 4 members (excludes halogenated alkanes) is 4. The number of aliphatic hydroxyl groups excluding tert-OH is 1. The molecule has 0 unspecified atom stereocenters. The van der Waals surface area contributed by atoms with Gasteiger partial charge in [0.05, 0.1) is 5.56 Å². The van der Waals surface area contributed by atoms with E-state index in [2.05, 4.69) is 11.9 Å². The molecule has 2 atom stereocenters. The molecule has 0 aliphatic rings. The summed E-state index contributed by atoms with van der Waals surface area (Å²) in [5.41, 5.74) is -0.951. The summed E-state index contributed by atoms with van der Waals surface area (Å²) in [7, 11) is 0. The van der Waals surface area contributed by atoms with Crippen LogP contribution < -0.4 is 5.32 Å². The van der Waals surface area contributed by atoms with Crippen LogP contribution in [-0.4, -0.2) is 28.1 Å². The van der Waals surface area contributed by atoms with E-state index < -0.39 is 35.8 Å². The standard InChI is InChI=1S/C19H24F3NO4/c1-2-3-4-5-6-7-8-15(18(26)27)23-17(25)16(24)13-9-11-14(12-10-13)19(20,21)22/h2,9-12,15-16,24H,1,3-8H2,(H,23,25)(H,26,27)/t15-,16-/m1/s1. The van der Waals surface area contributed by atoms with Crippen LogP contribution in [0, 0.1) is 0 Å². The second kappa shape index (κ2) is 10.7. The number of carbonyl (C=O) groups is 2. The van der Waals surface area contributed by atoms with Crippen LogP contribution >= 0.6 is 0 Å². The lowest BCUT2D eigenvalue weighted by Gasteiger charge is -2.18. The Kier molecular flexibility index (Phi) is 9.00. The molecule has 0 radical (unpaired) electrons. The molecule has 1 amide bonds. The number of carbonyl (C=O) groups excluding carboxylic acids is 1. The second-order valence-electron chi connectivity index (χ2n) is 6.20. The summed E-state index contributed by atoms with van der Waals surface area (Å²) in [6, 6.07) is 2.32. The number of carboxylic acids is 1. The average molecular weight is 387 g/mol. The Morgan fingerprint density at radius 2 is 1.70 bits per heavy atom. The van der Waals surface area contributed by atoms with E-state index in [4.69, 9.17) is 0 Å². The van der Waals surface area contributed by atoms with Crippen molar-refractivity contribution in [2.75, 3.05) is 0 Å². The number of halogens is 3. The normalized spacial score (nSPS) is 13.6. The number of benzene rings is 1. The Labute approximate surface area is 155 Å². The van der Waals surface area contributed by atoms with Crippen LogP contribution in [0.4, 0.5) is 13.2 Å². The molecule has 5 nitrogen and oxygen atoms in total. The highest BCUT2D eigenvalue weighted by Crippen LogP contribution is 2.30. The van der Waals surface area contributed by atoms with Crippen molar-refractivity contribution in [2.45, 2.75) is 56.8 Å². The van der Waals surface area contributed by atoms with Crippen molar-refractivity contribution in [3.8, 4) is 0 Å². The number of hydrogen-bond acceptors (Lipinski definition) is 3. The number of allylic oxidation sites excluding steroid dienone is 1. The maximum atomic E-state index is 12.5. The molecule has 27 heavy (non-hydrogen) atoms. The maximum Gasteiger partial charge on any atom is 0.416 e. The molecule has 0 fully saturated rings. The maximum absolute atomic E-state index is 12.5. The zero-order valence-electron chi connectivity index (χ0n) is 14.8. The zero-order valence-corrected chi connectivity index (χ0v) is 14.8. The Bertz CT molecular complexity index is 629. The number of aliphatic carboxylic acids is 1. The van der Waals surface area contributed by atoms with E-state index in [1.165, 1.54) is 0 Å². The number of rotatable bonds is 11. The van der Waals surface area contributed by atoms with Crippen molar-refractivity contribution < 1.29 is 33.0 Å². The largest absolute Gasteiger partial charge is 0.480 e. The number of hydrogen-bond donors (Lipinski definition) is 3. The molecule has 8 heteroatoms. The van der Waals surface area contributed by atoms with Crippen LogP contribution in [0.15, 0.2) is 36.9 Å². The van der Waals surface area contributed by atoms with Gasteiger partial charge >= 0.3 is 12.1 Å². The molecule has 0 saturated heterocycles. The molecule has 1 rings (SSSR count). The van der Waals surface area contributed by atoms with Gasteiger partial charge in [0.2, 0.25) is 0 Å². The predicted molar refractivity (Wildman–Crippen MR) is 93.9 cm³/mol. The van der Waals surface area contributed by atoms with Gasteiger partial charge in [-0.05, 0) is 37.0 Å². The van der Waals surface area contributed by atoms with Crippen LogP contribution in [0.25, 0.3) is 0 Å². The second-order valence-corrected chi connectivity index (χ2v) is 6.20. The molecule has 0 aliphatic heterocycles. The Morgan fingerprint density at radius 3 is 2.22 bits per heavy atom. The molecule has 0 spiro atoms. The molecule has 0 bridgehead atoms. The third-order valence-electron chi connectivity index (χ3n) is 4.07. The average Bonchev–Trinajstić information content (AvgIpc) is 2.62. The Balaban J connectivity index is 2.59. The number of carboxylic acid groups (broad SMARTS) is 1. The van der Waals surface area contributed by atoms with Crippen molar-refractivity contribution in [1.29, 1.82) is 0 Å². The summed E-state index contributed by atoms with van der Waals surface area (Å²) in [4.78, 5) is 23.3. The summed E-state index contributed by atoms with van der Waals surface area (Å²) in [6.07, 6.45) is -0.107. The fraction of sp³-hybridized carbons (Fsp3) is 0.474. The van der Waals surface area contributed by atoms with Crippen molar-refractivity contribution in [3.05, 3.63) is 48.0 Å². The Hall–Kier alpha value is -2.35. The van der Waals surface area contributed by atoms with E-state index >= 15 is 0 Å². The van der Waals surface area contributed by atoms with Gasteiger partial charge in [0.25, 0.3) is 5.91 Å². The fourth-order valence-corrected chi connectivity index (χ4v) is 2.50. The summed E-state index contributed by atoms with van der Waals surface area (Å²) < 4.78 is 37.6. The van der Waals surface area contributed by atoms with Crippen molar-refractivity contribution in [3.63, 3.8) is 0 Å². The van der Waals surface area contributed by atoms with E-state index in [0.717, 1.165) is 49.9 Å². The summed E-state index contributed by atoms with van der Waals surface area (Å²) >= 11 is 0. The molecule has 3 N–H and O–H groups in total. The number of amides is 1. The van der Waals surface area contributed by atoms with Gasteiger partial charge in [0.15, 0.2) is 6.10 Å². The van der Waals surface area contributed by atoms with Crippen LogP contribution in [-0.2, 0) is 15.8 Å². The van der Waals surface area contributed by atoms with Gasteiger partial charge < -0.3 is 15.5 Å². The quantitative estimate of drug-likeness (QED) is 0.398. The lowest BCUT2D eigenvalue weighted by atomic mass is 10.0. The van der Waals surface area contributed by atoms with E-state index in [9.17, 15) is 33.0 Å². The Morgan fingerprint density at radius 1 is 1.11 bits per heavy atom. The first kappa shape index (κ1) is 22.7. The molecule has 0 aromatic heterocycles. The predicted octanol–water partition coefficient (Wildman–Crippen LogP) is 3.83. The highest BCUT2D eigenvalue weighted by Gasteiger charge is 2.31. The van der Waals surface area contributed by atoms with Gasteiger partial charge in [-0.3, -0.25) is 4.79 Å². The van der Waals surface area contributed by atoms with Crippen molar-refractivity contribution >= 4 is 11.9 Å². The summed E-state index contributed by atoms with van der Waals surface area (Å²) in [6.45, 7) is 3.62. The number of nitrogens with one attached hydrogen (secondary N) is 1. The lowest BCUT2D eigenvalue weighted by molar-refractivity contribution is -0.143. The number of alkyl halides is 3. The SMILES string of the molecule is C=CCCCCCC[C@@H](NC(=O)[C@H](O)c1ccc(C(F)(F)F)cc1)C(=O)O. The summed E-state index contributed by atoms with van der Waals surface area (Å²) in [5, 5.41) is 21.4. The minimum atomic E-state index is -4.52. The number of aliphatic hydroxyl groups is 1. The minimum absolute atomic E-state index is 0.0472. The van der Waals surface area contributed by atoms with Crippen molar-refractivity contribution in [2.24, 2.45) is 0 Å². The molecule has 0 aliphatic carbocycles. The smallest absolute Gasteiger partial charge is 0.416 e. The molecule has 150 valence electrons. The van der Waals surface area contributed by atoms with E-state index in [-0.39, 0.29) is 12.0 Å². The van der Waals surface area contributed by atoms with Gasteiger partial charge in [0.1, 0.15) is 6.04 Å². The minimum Gasteiger partial charge on any atom is -0.480 e. The lowest BCUT2D eigenvalue weighted by Crippen LogP contribution is -2.43. The van der Waals surface area contributed by atoms with Gasteiger partial charge in [-0.1, -0.05) is 37.5 Å². The highest BCUT2D eigenvalue weighted by molar-refractivity contribution is 5.86. The monoisotopic (exact) mass is 387 g/mol. The molecular weight excluding hydrogens is 363 g/mol. The van der Waals surface area contributed by atoms with Crippen molar-refractivity contribution in [1.82, 2.24) is 5.32 Å². The zero-order chi connectivity index (χ0) is 20.4. The van der Waals surface area contributed by atoms with Gasteiger partial charge in [-0.25, -0.2) is 4.79 Å².